The number of hydrogen-bond donors (Lipinski definition) is 4. The normalized spacial score (nSPS) is 11.8. The van der Waals surface area contributed by atoms with Crippen LogP contribution in [0.25, 0.3) is 0 Å². The van der Waals surface area contributed by atoms with E-state index in [0.29, 0.717) is 6.54 Å². The number of nitrogens with one attached hydrogen (secondary N) is 3. The topological polar surface area (TPSA) is 116 Å². The minimum Gasteiger partial charge on any atom is -0.481 e. The summed E-state index contributed by atoms with van der Waals surface area (Å²) in [6.07, 6.45) is 2.58. The van der Waals surface area contributed by atoms with Crippen LogP contribution in [0.5, 0.6) is 0 Å². The van der Waals surface area contributed by atoms with Crippen molar-refractivity contribution in [3.8, 4) is 0 Å². The number of carbonyl (C=O) groups excluding carboxylic acids is 1. The highest BCUT2D eigenvalue weighted by Crippen LogP contribution is 1.95. The van der Waals surface area contributed by atoms with E-state index in [-0.39, 0.29) is 19.0 Å². The Morgan fingerprint density at radius 1 is 1.56 bits per heavy atom. The van der Waals surface area contributed by atoms with Crippen LogP contribution in [0.2, 0.25) is 0 Å². The van der Waals surface area contributed by atoms with E-state index in [2.05, 4.69) is 20.8 Å². The van der Waals surface area contributed by atoms with Gasteiger partial charge in [0.2, 0.25) is 0 Å². The van der Waals surface area contributed by atoms with E-state index in [1.54, 1.807) is 12.4 Å². The molecule has 1 atom stereocenters. The minimum absolute atomic E-state index is 0.139. The van der Waals surface area contributed by atoms with Crippen molar-refractivity contribution in [1.82, 2.24) is 20.8 Å². The summed E-state index contributed by atoms with van der Waals surface area (Å²) in [6.45, 7) is 0.485. The van der Waals surface area contributed by atoms with Crippen LogP contribution in [-0.2, 0) is 16.1 Å². The van der Waals surface area contributed by atoms with Gasteiger partial charge in [0.15, 0.2) is 0 Å². The summed E-state index contributed by atoms with van der Waals surface area (Å²) in [5.74, 6) is -0.970. The summed E-state index contributed by atoms with van der Waals surface area (Å²) in [5, 5.41) is 20.1. The first-order chi connectivity index (χ1) is 8.61. The van der Waals surface area contributed by atoms with E-state index < -0.39 is 12.1 Å². The molecule has 4 N–H and O–H groups in total. The van der Waals surface area contributed by atoms with Crippen LogP contribution in [0.3, 0.4) is 0 Å². The number of carbonyl (C=O) groups is 2. The molecule has 8 nitrogen and oxygen atoms in total. The zero-order valence-corrected chi connectivity index (χ0v) is 9.97. The fourth-order valence-electron chi connectivity index (χ4n) is 1.26. The van der Waals surface area contributed by atoms with Gasteiger partial charge in [0.25, 0.3) is 0 Å². The van der Waals surface area contributed by atoms with E-state index in [0.717, 1.165) is 5.56 Å². The van der Waals surface area contributed by atoms with Crippen LogP contribution < -0.4 is 10.6 Å². The van der Waals surface area contributed by atoms with Gasteiger partial charge in [-0.25, -0.2) is 4.79 Å². The molecule has 0 aliphatic rings. The molecule has 0 saturated heterocycles. The Labute approximate surface area is 104 Å². The van der Waals surface area contributed by atoms with Crippen molar-refractivity contribution in [3.05, 3.63) is 18.0 Å². The molecule has 1 aromatic heterocycles. The SMILES string of the molecule is COC(CNC(=O)NCc1cn[nH]c1)CC(=O)O. The molecule has 1 unspecified atom stereocenters. The first kappa shape index (κ1) is 14.0. The number of aliphatic carboxylic acids is 1. The lowest BCUT2D eigenvalue weighted by molar-refractivity contribution is -0.139. The molecule has 0 radical (unpaired) electrons. The first-order valence-corrected chi connectivity index (χ1v) is 5.35. The second-order valence-corrected chi connectivity index (χ2v) is 3.63. The van der Waals surface area contributed by atoms with E-state index >= 15 is 0 Å². The Balaban J connectivity index is 2.21. The van der Waals surface area contributed by atoms with Crippen molar-refractivity contribution >= 4 is 12.0 Å². The van der Waals surface area contributed by atoms with Gasteiger partial charge in [0.05, 0.1) is 18.7 Å². The quantitative estimate of drug-likeness (QED) is 0.534. The second-order valence-electron chi connectivity index (χ2n) is 3.63. The van der Waals surface area contributed by atoms with Gasteiger partial charge in [-0.15, -0.1) is 0 Å². The van der Waals surface area contributed by atoms with Crippen LogP contribution in [0.15, 0.2) is 12.4 Å². The number of H-pyrrole nitrogens is 1. The Hall–Kier alpha value is -2.09. The number of amides is 2. The molecule has 0 saturated carbocycles. The van der Waals surface area contributed by atoms with Crippen LogP contribution in [0.1, 0.15) is 12.0 Å². The highest BCUT2D eigenvalue weighted by Gasteiger charge is 2.13. The third kappa shape index (κ3) is 5.30. The fourth-order valence-corrected chi connectivity index (χ4v) is 1.26. The minimum atomic E-state index is -0.970. The number of ether oxygens (including phenoxy) is 1. The smallest absolute Gasteiger partial charge is 0.315 e. The third-order valence-corrected chi connectivity index (χ3v) is 2.23. The zero-order valence-electron chi connectivity index (χ0n) is 9.97. The molecule has 100 valence electrons. The predicted octanol–water partition coefficient (Wildman–Crippen LogP) is -0.301. The lowest BCUT2D eigenvalue weighted by Crippen LogP contribution is -2.40. The van der Waals surface area contributed by atoms with Gasteiger partial charge < -0.3 is 20.5 Å². The molecule has 0 bridgehead atoms. The van der Waals surface area contributed by atoms with Crippen molar-refractivity contribution in [2.75, 3.05) is 13.7 Å². The summed E-state index contributed by atoms with van der Waals surface area (Å²) < 4.78 is 4.92. The molecular weight excluding hydrogens is 240 g/mol. The largest absolute Gasteiger partial charge is 0.481 e. The second kappa shape index (κ2) is 7.28. The van der Waals surface area contributed by atoms with Crippen LogP contribution >= 0.6 is 0 Å². The zero-order chi connectivity index (χ0) is 13.4. The van der Waals surface area contributed by atoms with Gasteiger partial charge in [0, 0.05) is 32.0 Å². The molecule has 0 fully saturated rings. The molecule has 0 aliphatic carbocycles. The molecule has 0 aliphatic heterocycles. The average molecular weight is 256 g/mol. The standard InChI is InChI=1S/C10H16N4O4/c1-18-8(2-9(15)16)6-12-10(17)11-3-7-4-13-14-5-7/h4-5,8H,2-3,6H2,1H3,(H,13,14)(H,15,16)(H2,11,12,17). The van der Waals surface area contributed by atoms with Crippen molar-refractivity contribution < 1.29 is 19.4 Å². The van der Waals surface area contributed by atoms with Crippen molar-refractivity contribution in [3.63, 3.8) is 0 Å². The summed E-state index contributed by atoms with van der Waals surface area (Å²) >= 11 is 0. The molecule has 1 rings (SSSR count). The number of aromatic amines is 1. The molecule has 1 heterocycles. The molecular formula is C10H16N4O4. The number of aromatic nitrogens is 2. The molecule has 8 heteroatoms. The number of methoxy groups -OCH3 is 1. The fraction of sp³-hybridized carbons (Fsp3) is 0.500. The van der Waals surface area contributed by atoms with Gasteiger partial charge in [-0.2, -0.15) is 5.10 Å². The molecule has 18 heavy (non-hydrogen) atoms. The predicted molar refractivity (Wildman–Crippen MR) is 61.9 cm³/mol. The number of urea groups is 1. The van der Waals surface area contributed by atoms with Gasteiger partial charge in [-0.1, -0.05) is 0 Å². The lowest BCUT2D eigenvalue weighted by atomic mass is 10.2. The Morgan fingerprint density at radius 2 is 2.33 bits per heavy atom. The van der Waals surface area contributed by atoms with E-state index in [4.69, 9.17) is 9.84 Å². The third-order valence-electron chi connectivity index (χ3n) is 2.23. The number of rotatable bonds is 7. The summed E-state index contributed by atoms with van der Waals surface area (Å²) in [4.78, 5) is 21.9. The molecule has 2 amide bonds. The maximum absolute atomic E-state index is 11.4. The van der Waals surface area contributed by atoms with Crippen molar-refractivity contribution in [1.29, 1.82) is 0 Å². The first-order valence-electron chi connectivity index (χ1n) is 5.35. The van der Waals surface area contributed by atoms with Gasteiger partial charge >= 0.3 is 12.0 Å². The number of carboxylic acids is 1. The van der Waals surface area contributed by atoms with Crippen molar-refractivity contribution in [2.45, 2.75) is 19.1 Å². The highest BCUT2D eigenvalue weighted by atomic mass is 16.5. The number of carboxylic acid groups (broad SMARTS) is 1. The van der Waals surface area contributed by atoms with Gasteiger partial charge in [-0.05, 0) is 0 Å². The molecule has 0 aromatic carbocycles. The summed E-state index contributed by atoms with van der Waals surface area (Å²) in [7, 11) is 1.40. The highest BCUT2D eigenvalue weighted by molar-refractivity contribution is 5.74. The monoisotopic (exact) mass is 256 g/mol. The maximum atomic E-state index is 11.4. The number of hydrogen-bond acceptors (Lipinski definition) is 4. The number of nitrogens with zero attached hydrogens (tertiary/aromatic N) is 1. The van der Waals surface area contributed by atoms with Crippen LogP contribution in [-0.4, -0.2) is 47.1 Å². The molecule has 1 aromatic rings. The Kier molecular flexibility index (Phi) is 5.65. The van der Waals surface area contributed by atoms with Crippen LogP contribution in [0.4, 0.5) is 4.79 Å². The maximum Gasteiger partial charge on any atom is 0.315 e. The summed E-state index contributed by atoms with van der Waals surface area (Å²) in [6, 6.07) is -0.386. The average Bonchev–Trinajstić information content (AvgIpc) is 2.84. The van der Waals surface area contributed by atoms with E-state index in [1.807, 2.05) is 0 Å². The van der Waals surface area contributed by atoms with E-state index in [9.17, 15) is 9.59 Å². The Bertz CT molecular complexity index is 379. The van der Waals surface area contributed by atoms with Gasteiger partial charge in [-0.3, -0.25) is 9.89 Å². The lowest BCUT2D eigenvalue weighted by Gasteiger charge is -2.14. The molecule has 0 spiro atoms. The Morgan fingerprint density at radius 3 is 2.89 bits per heavy atom. The van der Waals surface area contributed by atoms with Gasteiger partial charge in [0.1, 0.15) is 0 Å². The van der Waals surface area contributed by atoms with Crippen molar-refractivity contribution in [2.24, 2.45) is 0 Å². The van der Waals surface area contributed by atoms with Crippen LogP contribution in [0, 0.1) is 0 Å². The van der Waals surface area contributed by atoms with E-state index in [1.165, 1.54) is 7.11 Å². The summed E-state index contributed by atoms with van der Waals surface area (Å²) in [5.41, 5.74) is 0.846.